The summed E-state index contributed by atoms with van der Waals surface area (Å²) in [5.41, 5.74) is 1.32. The third kappa shape index (κ3) is 2.57. The molecular weight excluding hydrogens is 230 g/mol. The molecule has 1 heterocycles. The van der Waals surface area contributed by atoms with Gasteiger partial charge in [-0.1, -0.05) is 18.2 Å². The summed E-state index contributed by atoms with van der Waals surface area (Å²) >= 11 is 0. The van der Waals surface area contributed by atoms with Gasteiger partial charge < -0.3 is 10.4 Å². The van der Waals surface area contributed by atoms with Crippen molar-refractivity contribution < 1.29 is 9.90 Å². The summed E-state index contributed by atoms with van der Waals surface area (Å²) in [7, 11) is 0. The highest BCUT2D eigenvalue weighted by Gasteiger charge is 2.14. The molecule has 0 fully saturated rings. The maximum Gasteiger partial charge on any atom is 0.270 e. The second kappa shape index (κ2) is 5.46. The van der Waals surface area contributed by atoms with Gasteiger partial charge in [0, 0.05) is 11.7 Å². The molecular formula is C13H15N3O2. The van der Waals surface area contributed by atoms with E-state index in [2.05, 4.69) is 10.3 Å². The summed E-state index contributed by atoms with van der Waals surface area (Å²) < 4.78 is 1.71. The molecule has 0 aliphatic heterocycles. The molecule has 0 bridgehead atoms. The van der Waals surface area contributed by atoms with E-state index in [1.165, 1.54) is 6.20 Å². The summed E-state index contributed by atoms with van der Waals surface area (Å²) in [6, 6.07) is 9.22. The number of imidazole rings is 1. The Balaban J connectivity index is 2.26. The molecule has 0 aliphatic rings. The van der Waals surface area contributed by atoms with E-state index >= 15 is 0 Å². The monoisotopic (exact) mass is 245 g/mol. The molecule has 0 saturated heterocycles. The second-order valence-electron chi connectivity index (χ2n) is 4.04. The molecule has 1 atom stereocenters. The van der Waals surface area contributed by atoms with Crippen molar-refractivity contribution >= 4 is 5.91 Å². The minimum atomic E-state index is -0.281. The zero-order chi connectivity index (χ0) is 13.0. The maximum absolute atomic E-state index is 12.0. The van der Waals surface area contributed by atoms with Gasteiger partial charge in [0.15, 0.2) is 0 Å². The van der Waals surface area contributed by atoms with Crippen LogP contribution in [0.2, 0.25) is 0 Å². The van der Waals surface area contributed by atoms with Gasteiger partial charge >= 0.3 is 0 Å². The molecule has 1 aromatic heterocycles. The fourth-order valence-corrected chi connectivity index (χ4v) is 1.60. The Bertz CT molecular complexity index is 522. The van der Waals surface area contributed by atoms with Crippen LogP contribution < -0.4 is 5.32 Å². The van der Waals surface area contributed by atoms with Crippen LogP contribution in [0.15, 0.2) is 42.9 Å². The summed E-state index contributed by atoms with van der Waals surface area (Å²) in [5.74, 6) is -0.252. The van der Waals surface area contributed by atoms with Gasteiger partial charge in [-0.15, -0.1) is 0 Å². The standard InChI is InChI=1S/C13H15N3O2/c1-10(8-17)15-13(18)12-7-14-9-16(12)11-5-3-2-4-6-11/h2-7,9-10,17H,8H2,1H3,(H,15,18)/t10-/m1/s1. The molecule has 2 rings (SSSR count). The van der Waals surface area contributed by atoms with Gasteiger partial charge in [0.2, 0.25) is 0 Å². The van der Waals surface area contributed by atoms with Gasteiger partial charge in [0.1, 0.15) is 5.69 Å². The zero-order valence-corrected chi connectivity index (χ0v) is 10.1. The van der Waals surface area contributed by atoms with Crippen molar-refractivity contribution in [3.63, 3.8) is 0 Å². The van der Waals surface area contributed by atoms with E-state index in [0.717, 1.165) is 5.69 Å². The van der Waals surface area contributed by atoms with Crippen LogP contribution in [0.5, 0.6) is 0 Å². The SMILES string of the molecule is C[C@H](CO)NC(=O)c1cncn1-c1ccccc1. The van der Waals surface area contributed by atoms with Gasteiger partial charge in [-0.05, 0) is 19.1 Å². The lowest BCUT2D eigenvalue weighted by molar-refractivity contribution is 0.0915. The highest BCUT2D eigenvalue weighted by atomic mass is 16.3. The Hall–Kier alpha value is -2.14. The summed E-state index contributed by atoms with van der Waals surface area (Å²) in [6.45, 7) is 1.65. The number of carbonyl (C=O) groups excluding carboxylic acids is 1. The van der Waals surface area contributed by atoms with Crippen LogP contribution in [0, 0.1) is 0 Å². The number of hydrogen-bond acceptors (Lipinski definition) is 3. The van der Waals surface area contributed by atoms with Gasteiger partial charge in [0.05, 0.1) is 19.1 Å². The van der Waals surface area contributed by atoms with Crippen LogP contribution >= 0.6 is 0 Å². The van der Waals surface area contributed by atoms with Crippen molar-refractivity contribution in [3.05, 3.63) is 48.5 Å². The fourth-order valence-electron chi connectivity index (χ4n) is 1.60. The Morgan fingerprint density at radius 2 is 2.17 bits per heavy atom. The van der Waals surface area contributed by atoms with Crippen LogP contribution in [0.25, 0.3) is 5.69 Å². The van der Waals surface area contributed by atoms with Crippen LogP contribution in [0.4, 0.5) is 0 Å². The average molecular weight is 245 g/mol. The molecule has 18 heavy (non-hydrogen) atoms. The highest BCUT2D eigenvalue weighted by molar-refractivity contribution is 5.93. The second-order valence-corrected chi connectivity index (χ2v) is 4.04. The van der Waals surface area contributed by atoms with Gasteiger partial charge in [-0.3, -0.25) is 9.36 Å². The van der Waals surface area contributed by atoms with Gasteiger partial charge in [-0.2, -0.15) is 0 Å². The largest absolute Gasteiger partial charge is 0.394 e. The minimum Gasteiger partial charge on any atom is -0.394 e. The van der Waals surface area contributed by atoms with Crippen LogP contribution in [0.1, 0.15) is 17.4 Å². The topological polar surface area (TPSA) is 67.2 Å². The number of aliphatic hydroxyl groups excluding tert-OH is 1. The molecule has 0 radical (unpaired) electrons. The number of amides is 1. The van der Waals surface area contributed by atoms with Gasteiger partial charge in [0.25, 0.3) is 5.91 Å². The first-order chi connectivity index (χ1) is 8.72. The highest BCUT2D eigenvalue weighted by Crippen LogP contribution is 2.10. The number of aromatic nitrogens is 2. The number of nitrogens with zero attached hydrogens (tertiary/aromatic N) is 2. The lowest BCUT2D eigenvalue weighted by Gasteiger charge is -2.12. The Kier molecular flexibility index (Phi) is 3.74. The summed E-state index contributed by atoms with van der Waals surface area (Å²) in [5, 5.41) is 11.6. The first kappa shape index (κ1) is 12.3. The number of para-hydroxylation sites is 1. The molecule has 0 unspecified atom stereocenters. The number of benzene rings is 1. The molecule has 5 nitrogen and oxygen atoms in total. The molecule has 2 N–H and O–H groups in total. The summed E-state index contributed by atoms with van der Waals surface area (Å²) in [4.78, 5) is 16.0. The first-order valence-corrected chi connectivity index (χ1v) is 5.72. The van der Waals surface area contributed by atoms with Crippen molar-refractivity contribution in [2.75, 3.05) is 6.61 Å². The van der Waals surface area contributed by atoms with E-state index in [4.69, 9.17) is 5.11 Å². The maximum atomic E-state index is 12.0. The van der Waals surface area contributed by atoms with Gasteiger partial charge in [-0.25, -0.2) is 4.98 Å². The van der Waals surface area contributed by atoms with Crippen molar-refractivity contribution in [1.82, 2.24) is 14.9 Å². The lowest BCUT2D eigenvalue weighted by atomic mass is 10.3. The third-order valence-corrected chi connectivity index (χ3v) is 2.56. The Morgan fingerprint density at radius 1 is 1.44 bits per heavy atom. The lowest BCUT2D eigenvalue weighted by Crippen LogP contribution is -2.35. The Morgan fingerprint density at radius 3 is 2.83 bits per heavy atom. The first-order valence-electron chi connectivity index (χ1n) is 5.72. The third-order valence-electron chi connectivity index (χ3n) is 2.56. The number of carbonyl (C=O) groups is 1. The molecule has 5 heteroatoms. The van der Waals surface area contributed by atoms with Crippen molar-refractivity contribution in [1.29, 1.82) is 0 Å². The smallest absolute Gasteiger partial charge is 0.270 e. The Labute approximate surface area is 105 Å². The predicted molar refractivity (Wildman–Crippen MR) is 67.6 cm³/mol. The quantitative estimate of drug-likeness (QED) is 0.844. The number of rotatable bonds is 4. The minimum absolute atomic E-state index is 0.0920. The molecule has 1 aromatic carbocycles. The molecule has 0 spiro atoms. The molecule has 0 saturated carbocycles. The summed E-state index contributed by atoms with van der Waals surface area (Å²) in [6.07, 6.45) is 3.10. The zero-order valence-electron chi connectivity index (χ0n) is 10.1. The molecule has 2 aromatic rings. The van der Waals surface area contributed by atoms with Crippen molar-refractivity contribution in [2.24, 2.45) is 0 Å². The van der Waals surface area contributed by atoms with E-state index in [1.807, 2.05) is 30.3 Å². The molecule has 94 valence electrons. The van der Waals surface area contributed by atoms with E-state index in [9.17, 15) is 4.79 Å². The van der Waals surface area contributed by atoms with E-state index in [-0.39, 0.29) is 18.6 Å². The van der Waals surface area contributed by atoms with Crippen molar-refractivity contribution in [2.45, 2.75) is 13.0 Å². The number of aliphatic hydroxyl groups is 1. The van der Waals surface area contributed by atoms with E-state index < -0.39 is 0 Å². The van der Waals surface area contributed by atoms with E-state index in [1.54, 1.807) is 17.8 Å². The van der Waals surface area contributed by atoms with Crippen LogP contribution in [0.3, 0.4) is 0 Å². The normalized spacial score (nSPS) is 12.1. The number of nitrogens with one attached hydrogen (secondary N) is 1. The predicted octanol–water partition coefficient (Wildman–Crippen LogP) is 0.983. The molecule has 0 aliphatic carbocycles. The molecule has 1 amide bonds. The van der Waals surface area contributed by atoms with Crippen molar-refractivity contribution in [3.8, 4) is 5.69 Å². The van der Waals surface area contributed by atoms with E-state index in [0.29, 0.717) is 5.69 Å². The fraction of sp³-hybridized carbons (Fsp3) is 0.231. The van der Waals surface area contributed by atoms with Crippen LogP contribution in [-0.4, -0.2) is 33.2 Å². The average Bonchev–Trinajstić information content (AvgIpc) is 2.88. The van der Waals surface area contributed by atoms with Crippen LogP contribution in [-0.2, 0) is 0 Å². The number of hydrogen-bond donors (Lipinski definition) is 2.